The molecule has 0 bridgehead atoms. The molecular weight excluding hydrogens is 249 g/mol. The quantitative estimate of drug-likeness (QED) is 0.882. The molecule has 5 nitrogen and oxygen atoms in total. The molecule has 0 aliphatic carbocycles. The van der Waals surface area contributed by atoms with Gasteiger partial charge >= 0.3 is 5.97 Å². The highest BCUT2D eigenvalue weighted by molar-refractivity contribution is 5.88. The van der Waals surface area contributed by atoms with E-state index in [9.17, 15) is 9.18 Å². The van der Waals surface area contributed by atoms with E-state index in [4.69, 9.17) is 5.11 Å². The number of halogens is 1. The number of carboxylic acids is 1. The monoisotopic (exact) mass is 261 g/mol. The van der Waals surface area contributed by atoms with Crippen LogP contribution in [0.5, 0.6) is 0 Å². The Morgan fingerprint density at radius 2 is 2.26 bits per heavy atom. The molecule has 19 heavy (non-hydrogen) atoms. The Bertz CT molecular complexity index is 617. The normalized spacial score (nSPS) is 10.2. The standard InChI is InChI=1S/C13H12FN3O2/c1-8-4-9(2-3-11(8)14)16-6-12-10(13(18)19)5-15-7-17-12/h2-5,7,16H,6H2,1H3,(H,18,19). The van der Waals surface area contributed by atoms with Crippen LogP contribution in [0.1, 0.15) is 21.6 Å². The van der Waals surface area contributed by atoms with Gasteiger partial charge in [-0.15, -0.1) is 0 Å². The first-order valence-corrected chi connectivity index (χ1v) is 5.60. The summed E-state index contributed by atoms with van der Waals surface area (Å²) in [6.07, 6.45) is 2.54. The lowest BCUT2D eigenvalue weighted by molar-refractivity contribution is 0.0694. The minimum absolute atomic E-state index is 0.0498. The van der Waals surface area contributed by atoms with Gasteiger partial charge in [-0.2, -0.15) is 0 Å². The van der Waals surface area contributed by atoms with Gasteiger partial charge in [0.05, 0.1) is 12.2 Å². The van der Waals surface area contributed by atoms with Gasteiger partial charge in [-0.3, -0.25) is 0 Å². The summed E-state index contributed by atoms with van der Waals surface area (Å²) in [6, 6.07) is 4.59. The van der Waals surface area contributed by atoms with Gasteiger partial charge in [0.25, 0.3) is 0 Å². The molecule has 0 saturated heterocycles. The number of hydrogen-bond donors (Lipinski definition) is 2. The molecule has 0 spiro atoms. The molecule has 0 fully saturated rings. The van der Waals surface area contributed by atoms with Crippen LogP contribution in [0.25, 0.3) is 0 Å². The molecule has 6 heteroatoms. The summed E-state index contributed by atoms with van der Waals surface area (Å²) < 4.78 is 13.1. The Balaban J connectivity index is 2.14. The second-order valence-corrected chi connectivity index (χ2v) is 4.01. The molecule has 2 rings (SSSR count). The van der Waals surface area contributed by atoms with Crippen LogP contribution in [0, 0.1) is 12.7 Å². The van der Waals surface area contributed by atoms with Gasteiger partial charge in [0.1, 0.15) is 17.7 Å². The van der Waals surface area contributed by atoms with Gasteiger partial charge < -0.3 is 10.4 Å². The Morgan fingerprint density at radius 3 is 2.95 bits per heavy atom. The molecule has 1 aromatic carbocycles. The molecule has 0 aliphatic rings. The van der Waals surface area contributed by atoms with Gasteiger partial charge in [-0.05, 0) is 30.7 Å². The minimum atomic E-state index is -1.08. The second kappa shape index (κ2) is 5.43. The molecule has 1 aromatic heterocycles. The number of anilines is 1. The van der Waals surface area contributed by atoms with Crippen LogP contribution in [-0.4, -0.2) is 21.0 Å². The molecule has 2 aromatic rings. The summed E-state index contributed by atoms with van der Waals surface area (Å²) in [7, 11) is 0. The maximum absolute atomic E-state index is 13.1. The molecule has 0 aliphatic heterocycles. The molecule has 0 saturated carbocycles. The topological polar surface area (TPSA) is 75.1 Å². The van der Waals surface area contributed by atoms with E-state index in [2.05, 4.69) is 15.3 Å². The van der Waals surface area contributed by atoms with Crippen molar-refractivity contribution in [2.75, 3.05) is 5.32 Å². The molecule has 2 N–H and O–H groups in total. The van der Waals surface area contributed by atoms with Crippen molar-refractivity contribution in [2.24, 2.45) is 0 Å². The first kappa shape index (κ1) is 12.9. The van der Waals surface area contributed by atoms with E-state index in [1.807, 2.05) is 0 Å². The van der Waals surface area contributed by atoms with Gasteiger partial charge in [0.15, 0.2) is 0 Å². The zero-order valence-corrected chi connectivity index (χ0v) is 10.2. The van der Waals surface area contributed by atoms with Crippen molar-refractivity contribution < 1.29 is 14.3 Å². The molecule has 0 amide bonds. The van der Waals surface area contributed by atoms with E-state index in [-0.39, 0.29) is 17.9 Å². The highest BCUT2D eigenvalue weighted by atomic mass is 19.1. The number of hydrogen-bond acceptors (Lipinski definition) is 4. The highest BCUT2D eigenvalue weighted by Gasteiger charge is 2.11. The number of carbonyl (C=O) groups is 1. The molecular formula is C13H12FN3O2. The molecule has 1 heterocycles. The molecule has 0 unspecified atom stereocenters. The molecule has 0 radical (unpaired) electrons. The summed E-state index contributed by atoms with van der Waals surface area (Å²) in [5, 5.41) is 12.0. The lowest BCUT2D eigenvalue weighted by atomic mass is 10.2. The largest absolute Gasteiger partial charge is 0.478 e. The lowest BCUT2D eigenvalue weighted by Gasteiger charge is -2.08. The zero-order valence-electron chi connectivity index (χ0n) is 10.2. The third kappa shape index (κ3) is 3.04. The van der Waals surface area contributed by atoms with Gasteiger partial charge in [-0.25, -0.2) is 19.2 Å². The van der Waals surface area contributed by atoms with Crippen LogP contribution in [0.2, 0.25) is 0 Å². The van der Waals surface area contributed by atoms with E-state index in [1.54, 1.807) is 19.1 Å². The highest BCUT2D eigenvalue weighted by Crippen LogP contribution is 2.15. The van der Waals surface area contributed by atoms with Crippen LogP contribution in [0.3, 0.4) is 0 Å². The van der Waals surface area contributed by atoms with Crippen LogP contribution >= 0.6 is 0 Å². The van der Waals surface area contributed by atoms with E-state index in [0.29, 0.717) is 16.9 Å². The number of nitrogens with zero attached hydrogens (tertiary/aromatic N) is 2. The Morgan fingerprint density at radius 1 is 1.47 bits per heavy atom. The average molecular weight is 261 g/mol. The number of nitrogens with one attached hydrogen (secondary N) is 1. The maximum atomic E-state index is 13.1. The fourth-order valence-corrected chi connectivity index (χ4v) is 1.61. The van der Waals surface area contributed by atoms with Crippen LogP contribution < -0.4 is 5.32 Å². The predicted octanol–water partition coefficient (Wildman–Crippen LogP) is 2.23. The first-order valence-electron chi connectivity index (χ1n) is 5.60. The van der Waals surface area contributed by atoms with Crippen molar-refractivity contribution in [3.05, 3.63) is 53.4 Å². The van der Waals surface area contributed by atoms with Crippen LogP contribution in [-0.2, 0) is 6.54 Å². The fraction of sp³-hybridized carbons (Fsp3) is 0.154. The predicted molar refractivity (Wildman–Crippen MR) is 67.5 cm³/mol. The summed E-state index contributed by atoms with van der Waals surface area (Å²) in [6.45, 7) is 1.89. The molecule has 98 valence electrons. The van der Waals surface area contributed by atoms with Crippen molar-refractivity contribution >= 4 is 11.7 Å². The maximum Gasteiger partial charge on any atom is 0.339 e. The van der Waals surface area contributed by atoms with Gasteiger partial charge in [-0.1, -0.05) is 0 Å². The zero-order chi connectivity index (χ0) is 13.8. The summed E-state index contributed by atoms with van der Waals surface area (Å²) >= 11 is 0. The average Bonchev–Trinajstić information content (AvgIpc) is 2.40. The van der Waals surface area contributed by atoms with E-state index in [1.165, 1.54) is 18.6 Å². The SMILES string of the molecule is Cc1cc(NCc2ncncc2C(=O)O)ccc1F. The summed E-state index contributed by atoms with van der Waals surface area (Å²) in [4.78, 5) is 18.6. The van der Waals surface area contributed by atoms with Crippen molar-refractivity contribution in [1.82, 2.24) is 9.97 Å². The van der Waals surface area contributed by atoms with E-state index in [0.717, 1.165) is 0 Å². The van der Waals surface area contributed by atoms with Gasteiger partial charge in [0.2, 0.25) is 0 Å². The number of aromatic nitrogens is 2. The summed E-state index contributed by atoms with van der Waals surface area (Å²) in [5.74, 6) is -1.36. The van der Waals surface area contributed by atoms with Crippen molar-refractivity contribution in [3.8, 4) is 0 Å². The second-order valence-electron chi connectivity index (χ2n) is 4.01. The van der Waals surface area contributed by atoms with Crippen LogP contribution in [0.15, 0.2) is 30.7 Å². The van der Waals surface area contributed by atoms with Crippen molar-refractivity contribution in [1.29, 1.82) is 0 Å². The Labute approximate surface area is 109 Å². The Hall–Kier alpha value is -2.50. The number of rotatable bonds is 4. The Kier molecular flexibility index (Phi) is 3.70. The van der Waals surface area contributed by atoms with Crippen LogP contribution in [0.4, 0.5) is 10.1 Å². The van der Waals surface area contributed by atoms with E-state index >= 15 is 0 Å². The number of benzene rings is 1. The minimum Gasteiger partial charge on any atom is -0.478 e. The van der Waals surface area contributed by atoms with Crippen molar-refractivity contribution in [3.63, 3.8) is 0 Å². The third-order valence-corrected chi connectivity index (χ3v) is 2.64. The number of aromatic carboxylic acids is 1. The smallest absolute Gasteiger partial charge is 0.339 e. The number of carboxylic acid groups (broad SMARTS) is 1. The molecule has 0 atom stereocenters. The van der Waals surface area contributed by atoms with E-state index < -0.39 is 5.97 Å². The third-order valence-electron chi connectivity index (χ3n) is 2.64. The number of aryl methyl sites for hydroxylation is 1. The fourth-order valence-electron chi connectivity index (χ4n) is 1.61. The summed E-state index contributed by atoms with van der Waals surface area (Å²) in [5.41, 5.74) is 1.65. The lowest BCUT2D eigenvalue weighted by Crippen LogP contribution is -2.10. The van der Waals surface area contributed by atoms with Gasteiger partial charge in [0, 0.05) is 11.9 Å². The first-order chi connectivity index (χ1) is 9.08. The van der Waals surface area contributed by atoms with Crippen molar-refractivity contribution in [2.45, 2.75) is 13.5 Å².